The van der Waals surface area contributed by atoms with Gasteiger partial charge >= 0.3 is 5.97 Å². The molecule has 26 heavy (non-hydrogen) atoms. The number of esters is 1. The van der Waals surface area contributed by atoms with Crippen molar-refractivity contribution >= 4 is 5.97 Å². The molecule has 5 heteroatoms. The highest BCUT2D eigenvalue weighted by atomic mass is 16.7. The Hall–Kier alpha value is -2.21. The van der Waals surface area contributed by atoms with Crippen LogP contribution < -0.4 is 0 Å². The van der Waals surface area contributed by atoms with Crippen LogP contribution in [0.5, 0.6) is 0 Å². The first kappa shape index (κ1) is 18.6. The summed E-state index contributed by atoms with van der Waals surface area (Å²) < 4.78 is 15.6. The van der Waals surface area contributed by atoms with Crippen molar-refractivity contribution in [3.8, 4) is 0 Å². The highest BCUT2D eigenvalue weighted by Gasteiger charge is 2.32. The van der Waals surface area contributed by atoms with Crippen molar-refractivity contribution in [1.82, 2.24) is 4.90 Å². The van der Waals surface area contributed by atoms with Gasteiger partial charge in [0.05, 0.1) is 7.11 Å². The van der Waals surface area contributed by atoms with E-state index in [1.807, 2.05) is 24.3 Å². The van der Waals surface area contributed by atoms with E-state index in [1.54, 1.807) is 14.2 Å². The minimum absolute atomic E-state index is 0.185. The second-order valence-corrected chi connectivity index (χ2v) is 6.46. The molecule has 2 aromatic rings. The van der Waals surface area contributed by atoms with E-state index in [1.165, 1.54) is 18.2 Å². The third-order valence-electron chi connectivity index (χ3n) is 4.88. The Morgan fingerprint density at radius 1 is 1.04 bits per heavy atom. The first-order valence-corrected chi connectivity index (χ1v) is 8.69. The minimum atomic E-state index is -0.367. The number of carbonyl (C=O) groups excluding carboxylic acids is 1. The lowest BCUT2D eigenvalue weighted by atomic mass is 9.93. The Labute approximate surface area is 154 Å². The van der Waals surface area contributed by atoms with Gasteiger partial charge in [-0.25, -0.2) is 0 Å². The molecule has 0 bridgehead atoms. The third kappa shape index (κ3) is 3.96. The standard InChI is InChI=1S/C21H25NO4/c1-24-20(23)19-12-17-6-4-5-7-18(17)14-22(19)13-15-8-10-16(11-9-15)21(25-2)26-3/h4-11,19,21H,12-14H2,1-3H3/t19-/m1/s1. The number of rotatable bonds is 6. The molecule has 138 valence electrons. The second kappa shape index (κ2) is 8.45. The highest BCUT2D eigenvalue weighted by Crippen LogP contribution is 2.26. The molecule has 1 atom stereocenters. The van der Waals surface area contributed by atoms with Gasteiger partial charge in [-0.15, -0.1) is 0 Å². The molecule has 0 fully saturated rings. The molecular weight excluding hydrogens is 330 g/mol. The Morgan fingerprint density at radius 2 is 1.69 bits per heavy atom. The van der Waals surface area contributed by atoms with E-state index in [2.05, 4.69) is 29.2 Å². The molecular formula is C21H25NO4. The van der Waals surface area contributed by atoms with Gasteiger partial charge in [-0.2, -0.15) is 0 Å². The van der Waals surface area contributed by atoms with Crippen LogP contribution in [0.25, 0.3) is 0 Å². The summed E-state index contributed by atoms with van der Waals surface area (Å²) in [5.74, 6) is -0.185. The van der Waals surface area contributed by atoms with E-state index in [-0.39, 0.29) is 18.3 Å². The van der Waals surface area contributed by atoms with Crippen molar-refractivity contribution in [1.29, 1.82) is 0 Å². The van der Waals surface area contributed by atoms with Crippen molar-refractivity contribution < 1.29 is 19.0 Å². The molecule has 1 aliphatic heterocycles. The summed E-state index contributed by atoms with van der Waals surface area (Å²) in [5, 5.41) is 0. The predicted octanol–water partition coefficient (Wildman–Crippen LogP) is 3.08. The molecule has 1 aliphatic rings. The van der Waals surface area contributed by atoms with Crippen molar-refractivity contribution in [2.45, 2.75) is 31.8 Å². The van der Waals surface area contributed by atoms with Gasteiger partial charge in [0.1, 0.15) is 6.04 Å². The van der Waals surface area contributed by atoms with Crippen LogP contribution in [0.15, 0.2) is 48.5 Å². The molecule has 3 rings (SSSR count). The number of ether oxygens (including phenoxy) is 3. The minimum Gasteiger partial charge on any atom is -0.468 e. The molecule has 0 spiro atoms. The van der Waals surface area contributed by atoms with E-state index in [9.17, 15) is 4.79 Å². The Balaban J connectivity index is 1.79. The highest BCUT2D eigenvalue weighted by molar-refractivity contribution is 5.76. The zero-order chi connectivity index (χ0) is 18.5. The lowest BCUT2D eigenvalue weighted by Gasteiger charge is -2.35. The summed E-state index contributed by atoms with van der Waals surface area (Å²) >= 11 is 0. The summed E-state index contributed by atoms with van der Waals surface area (Å²) in [6, 6.07) is 16.1. The number of carbonyl (C=O) groups is 1. The summed E-state index contributed by atoms with van der Waals surface area (Å²) in [6.45, 7) is 1.41. The average Bonchev–Trinajstić information content (AvgIpc) is 2.69. The van der Waals surface area contributed by atoms with Crippen molar-refractivity contribution in [3.63, 3.8) is 0 Å². The summed E-state index contributed by atoms with van der Waals surface area (Å²) in [4.78, 5) is 14.5. The van der Waals surface area contributed by atoms with Crippen LogP contribution in [0.2, 0.25) is 0 Å². The topological polar surface area (TPSA) is 48.0 Å². The largest absolute Gasteiger partial charge is 0.468 e. The molecule has 0 aromatic heterocycles. The van der Waals surface area contributed by atoms with Crippen molar-refractivity contribution in [3.05, 3.63) is 70.8 Å². The molecule has 0 unspecified atom stereocenters. The maximum atomic E-state index is 12.3. The van der Waals surface area contributed by atoms with Crippen LogP contribution in [0, 0.1) is 0 Å². The van der Waals surface area contributed by atoms with Crippen LogP contribution in [0.4, 0.5) is 0 Å². The fourth-order valence-electron chi connectivity index (χ4n) is 3.49. The number of fused-ring (bicyclic) bond motifs is 1. The van der Waals surface area contributed by atoms with E-state index >= 15 is 0 Å². The van der Waals surface area contributed by atoms with Gasteiger partial charge in [-0.1, -0.05) is 48.5 Å². The normalized spacial score (nSPS) is 17.2. The number of methoxy groups -OCH3 is 3. The molecule has 2 aromatic carbocycles. The zero-order valence-electron chi connectivity index (χ0n) is 15.5. The molecule has 5 nitrogen and oxygen atoms in total. The maximum Gasteiger partial charge on any atom is 0.323 e. The van der Waals surface area contributed by atoms with E-state index < -0.39 is 0 Å². The van der Waals surface area contributed by atoms with Gasteiger partial charge in [-0.05, 0) is 23.1 Å². The Kier molecular flexibility index (Phi) is 6.04. The molecule has 0 aliphatic carbocycles. The SMILES string of the molecule is COC(=O)[C@H]1Cc2ccccc2CN1Cc1ccc(C(OC)OC)cc1. The monoisotopic (exact) mass is 355 g/mol. The average molecular weight is 355 g/mol. The zero-order valence-corrected chi connectivity index (χ0v) is 15.5. The lowest BCUT2D eigenvalue weighted by Crippen LogP contribution is -2.45. The van der Waals surface area contributed by atoms with Gasteiger partial charge < -0.3 is 14.2 Å². The number of hydrogen-bond acceptors (Lipinski definition) is 5. The molecule has 1 heterocycles. The quantitative estimate of drug-likeness (QED) is 0.589. The molecule has 0 saturated heterocycles. The smallest absolute Gasteiger partial charge is 0.323 e. The van der Waals surface area contributed by atoms with Crippen molar-refractivity contribution in [2.24, 2.45) is 0 Å². The molecule has 0 amide bonds. The van der Waals surface area contributed by atoms with Gasteiger partial charge in [-0.3, -0.25) is 9.69 Å². The second-order valence-electron chi connectivity index (χ2n) is 6.46. The van der Waals surface area contributed by atoms with Gasteiger partial charge in [0.25, 0.3) is 0 Å². The van der Waals surface area contributed by atoms with Gasteiger partial charge in [0.2, 0.25) is 0 Å². The summed E-state index contributed by atoms with van der Waals surface area (Å²) in [5.41, 5.74) is 4.58. The van der Waals surface area contributed by atoms with Crippen LogP contribution in [0.3, 0.4) is 0 Å². The predicted molar refractivity (Wildman–Crippen MR) is 98.4 cm³/mol. The maximum absolute atomic E-state index is 12.3. The van der Waals surface area contributed by atoms with Crippen LogP contribution in [0.1, 0.15) is 28.5 Å². The van der Waals surface area contributed by atoms with Crippen molar-refractivity contribution in [2.75, 3.05) is 21.3 Å². The number of benzene rings is 2. The van der Waals surface area contributed by atoms with Gasteiger partial charge in [0, 0.05) is 32.9 Å². The van der Waals surface area contributed by atoms with Gasteiger partial charge in [0.15, 0.2) is 6.29 Å². The number of hydrogen-bond donors (Lipinski definition) is 0. The van der Waals surface area contributed by atoms with Crippen LogP contribution >= 0.6 is 0 Å². The third-order valence-corrected chi connectivity index (χ3v) is 4.88. The first-order chi connectivity index (χ1) is 12.7. The van der Waals surface area contributed by atoms with Crippen LogP contribution in [-0.4, -0.2) is 38.2 Å². The van der Waals surface area contributed by atoms with E-state index in [0.29, 0.717) is 13.0 Å². The summed E-state index contributed by atoms with van der Waals surface area (Å²) in [7, 11) is 4.69. The molecule has 0 saturated carbocycles. The van der Waals surface area contributed by atoms with E-state index in [4.69, 9.17) is 14.2 Å². The Bertz CT molecular complexity index is 740. The fraction of sp³-hybridized carbons (Fsp3) is 0.381. The number of nitrogens with zero attached hydrogens (tertiary/aromatic N) is 1. The van der Waals surface area contributed by atoms with E-state index in [0.717, 1.165) is 17.7 Å². The summed E-state index contributed by atoms with van der Waals surface area (Å²) in [6.07, 6.45) is 0.310. The van der Waals surface area contributed by atoms with Crippen LogP contribution in [-0.2, 0) is 38.5 Å². The lowest BCUT2D eigenvalue weighted by molar-refractivity contribution is -0.148. The molecule has 0 N–H and O–H groups in total. The molecule has 0 radical (unpaired) electrons. The Morgan fingerprint density at radius 3 is 2.31 bits per heavy atom. The fourth-order valence-corrected chi connectivity index (χ4v) is 3.49. The first-order valence-electron chi connectivity index (χ1n) is 8.69.